The minimum absolute atomic E-state index is 0.212. The van der Waals surface area contributed by atoms with Crippen molar-refractivity contribution in [3.8, 4) is 0 Å². The summed E-state index contributed by atoms with van der Waals surface area (Å²) < 4.78 is 10.3. The van der Waals surface area contributed by atoms with Crippen LogP contribution in [0.15, 0.2) is 30.3 Å². The molecule has 0 saturated carbocycles. The fourth-order valence-electron chi connectivity index (χ4n) is 1.91. The van der Waals surface area contributed by atoms with Gasteiger partial charge in [0.25, 0.3) is 0 Å². The third-order valence-electron chi connectivity index (χ3n) is 2.76. The number of hydrogen-bond donors (Lipinski definition) is 0. The fraction of sp³-hybridized carbons (Fsp3) is 0.538. The van der Waals surface area contributed by atoms with Gasteiger partial charge in [-0.3, -0.25) is 0 Å². The summed E-state index contributed by atoms with van der Waals surface area (Å²) in [5.74, 6) is 0. The van der Waals surface area contributed by atoms with Gasteiger partial charge in [-0.25, -0.2) is 0 Å². The largest absolute Gasteiger partial charge is 0.349 e. The standard InChI is InChI=1S/C13H16Cl2O2/c1-2-6-11-16-9-13(14,15)12(17-11)10-7-4-3-5-8-10/h3-5,7-8,11-12H,2,6,9H2,1H3. The molecule has 17 heavy (non-hydrogen) atoms. The molecule has 0 aliphatic carbocycles. The molecule has 0 N–H and O–H groups in total. The van der Waals surface area contributed by atoms with Gasteiger partial charge < -0.3 is 9.47 Å². The molecule has 1 saturated heterocycles. The van der Waals surface area contributed by atoms with Crippen molar-refractivity contribution in [1.82, 2.24) is 0 Å². The monoisotopic (exact) mass is 274 g/mol. The van der Waals surface area contributed by atoms with Crippen molar-refractivity contribution in [3.05, 3.63) is 35.9 Å². The summed E-state index contributed by atoms with van der Waals surface area (Å²) in [6, 6.07) is 9.80. The highest BCUT2D eigenvalue weighted by Crippen LogP contribution is 2.43. The summed E-state index contributed by atoms with van der Waals surface area (Å²) in [7, 11) is 0. The Kier molecular flexibility index (Phi) is 4.31. The average molecular weight is 275 g/mol. The van der Waals surface area contributed by atoms with E-state index in [1.165, 1.54) is 0 Å². The Morgan fingerprint density at radius 1 is 1.29 bits per heavy atom. The lowest BCUT2D eigenvalue weighted by molar-refractivity contribution is -0.221. The van der Waals surface area contributed by atoms with E-state index < -0.39 is 4.33 Å². The normalized spacial score (nSPS) is 27.9. The zero-order valence-corrected chi connectivity index (χ0v) is 11.2. The molecule has 1 fully saturated rings. The van der Waals surface area contributed by atoms with E-state index in [2.05, 4.69) is 6.92 Å². The first-order valence-electron chi connectivity index (χ1n) is 5.83. The van der Waals surface area contributed by atoms with Gasteiger partial charge in [-0.2, -0.15) is 0 Å². The van der Waals surface area contributed by atoms with Crippen molar-refractivity contribution < 1.29 is 9.47 Å². The summed E-state index contributed by atoms with van der Waals surface area (Å²) in [5.41, 5.74) is 0.988. The summed E-state index contributed by atoms with van der Waals surface area (Å²) in [6.07, 6.45) is 1.31. The summed E-state index contributed by atoms with van der Waals surface area (Å²) in [5, 5.41) is 0. The van der Waals surface area contributed by atoms with Gasteiger partial charge in [0.2, 0.25) is 0 Å². The van der Waals surface area contributed by atoms with Crippen molar-refractivity contribution in [3.63, 3.8) is 0 Å². The first-order chi connectivity index (χ1) is 8.13. The second kappa shape index (κ2) is 5.57. The van der Waals surface area contributed by atoms with Gasteiger partial charge in [0.15, 0.2) is 10.6 Å². The van der Waals surface area contributed by atoms with Gasteiger partial charge in [-0.05, 0) is 12.0 Å². The predicted molar refractivity (Wildman–Crippen MR) is 69.4 cm³/mol. The maximum atomic E-state index is 6.25. The van der Waals surface area contributed by atoms with Crippen LogP contribution in [0.5, 0.6) is 0 Å². The predicted octanol–water partition coefficient (Wildman–Crippen LogP) is 4.07. The lowest BCUT2D eigenvalue weighted by Crippen LogP contribution is -2.41. The molecule has 0 bridgehead atoms. The number of alkyl halides is 2. The third kappa shape index (κ3) is 3.14. The van der Waals surface area contributed by atoms with Crippen LogP contribution in [-0.2, 0) is 9.47 Å². The zero-order chi connectivity index (χ0) is 12.3. The Balaban J connectivity index is 2.16. The number of ether oxygens (including phenoxy) is 2. The topological polar surface area (TPSA) is 18.5 Å². The van der Waals surface area contributed by atoms with Crippen LogP contribution in [0.1, 0.15) is 31.4 Å². The second-order valence-electron chi connectivity index (χ2n) is 4.22. The Bertz CT molecular complexity index is 354. The van der Waals surface area contributed by atoms with E-state index in [4.69, 9.17) is 32.7 Å². The maximum absolute atomic E-state index is 6.25. The van der Waals surface area contributed by atoms with Gasteiger partial charge in [-0.1, -0.05) is 66.9 Å². The molecule has 1 aromatic rings. The smallest absolute Gasteiger partial charge is 0.171 e. The number of hydrogen-bond acceptors (Lipinski definition) is 2. The summed E-state index contributed by atoms with van der Waals surface area (Å²) in [4.78, 5) is 0. The van der Waals surface area contributed by atoms with E-state index in [1.54, 1.807) is 0 Å². The highest BCUT2D eigenvalue weighted by molar-refractivity contribution is 6.49. The van der Waals surface area contributed by atoms with E-state index in [1.807, 2.05) is 30.3 Å². The van der Waals surface area contributed by atoms with Crippen LogP contribution >= 0.6 is 23.2 Å². The van der Waals surface area contributed by atoms with Crippen molar-refractivity contribution >= 4 is 23.2 Å². The van der Waals surface area contributed by atoms with E-state index in [0.29, 0.717) is 6.61 Å². The number of rotatable bonds is 3. The van der Waals surface area contributed by atoms with Crippen LogP contribution in [-0.4, -0.2) is 17.2 Å². The SMILES string of the molecule is CCCC1OCC(Cl)(Cl)C(c2ccccc2)O1. The molecule has 1 aliphatic heterocycles. The van der Waals surface area contributed by atoms with Crippen LogP contribution in [0.3, 0.4) is 0 Å². The lowest BCUT2D eigenvalue weighted by Gasteiger charge is -2.38. The van der Waals surface area contributed by atoms with Crippen LogP contribution in [0.25, 0.3) is 0 Å². The number of benzene rings is 1. The van der Waals surface area contributed by atoms with E-state index >= 15 is 0 Å². The first-order valence-corrected chi connectivity index (χ1v) is 6.59. The molecule has 4 heteroatoms. The second-order valence-corrected chi connectivity index (χ2v) is 5.76. The molecule has 1 heterocycles. The molecular weight excluding hydrogens is 259 g/mol. The molecule has 2 atom stereocenters. The lowest BCUT2D eigenvalue weighted by atomic mass is 10.1. The molecule has 2 nitrogen and oxygen atoms in total. The molecule has 94 valence electrons. The molecule has 2 unspecified atom stereocenters. The molecule has 0 radical (unpaired) electrons. The Labute approximate surface area is 112 Å². The Morgan fingerprint density at radius 3 is 2.65 bits per heavy atom. The summed E-state index contributed by atoms with van der Waals surface area (Å²) >= 11 is 12.5. The highest BCUT2D eigenvalue weighted by Gasteiger charge is 2.43. The first kappa shape index (κ1) is 13.2. The Hall–Kier alpha value is -0.280. The molecule has 0 aromatic heterocycles. The minimum atomic E-state index is -1.02. The zero-order valence-electron chi connectivity index (χ0n) is 9.74. The van der Waals surface area contributed by atoms with Gasteiger partial charge in [0.05, 0.1) is 6.61 Å². The average Bonchev–Trinajstić information content (AvgIpc) is 2.33. The summed E-state index contributed by atoms with van der Waals surface area (Å²) in [6.45, 7) is 2.38. The van der Waals surface area contributed by atoms with E-state index in [9.17, 15) is 0 Å². The van der Waals surface area contributed by atoms with Crippen molar-refractivity contribution in [1.29, 1.82) is 0 Å². The molecule has 1 aliphatic rings. The Morgan fingerprint density at radius 2 is 2.00 bits per heavy atom. The molecule has 0 amide bonds. The fourth-order valence-corrected chi connectivity index (χ4v) is 2.39. The van der Waals surface area contributed by atoms with Crippen LogP contribution in [0, 0.1) is 0 Å². The van der Waals surface area contributed by atoms with Gasteiger partial charge in [-0.15, -0.1) is 0 Å². The van der Waals surface area contributed by atoms with Gasteiger partial charge in [0.1, 0.15) is 6.10 Å². The minimum Gasteiger partial charge on any atom is -0.349 e. The highest BCUT2D eigenvalue weighted by atomic mass is 35.5. The van der Waals surface area contributed by atoms with E-state index in [0.717, 1.165) is 18.4 Å². The molecular formula is C13H16Cl2O2. The quantitative estimate of drug-likeness (QED) is 0.774. The van der Waals surface area contributed by atoms with Crippen molar-refractivity contribution in [2.75, 3.05) is 6.61 Å². The van der Waals surface area contributed by atoms with E-state index in [-0.39, 0.29) is 12.4 Å². The van der Waals surface area contributed by atoms with Gasteiger partial charge in [0, 0.05) is 0 Å². The van der Waals surface area contributed by atoms with Crippen LogP contribution in [0.4, 0.5) is 0 Å². The maximum Gasteiger partial charge on any atom is 0.171 e. The van der Waals surface area contributed by atoms with Crippen molar-refractivity contribution in [2.24, 2.45) is 0 Å². The molecule has 0 spiro atoms. The van der Waals surface area contributed by atoms with Crippen LogP contribution < -0.4 is 0 Å². The van der Waals surface area contributed by atoms with Gasteiger partial charge >= 0.3 is 0 Å². The third-order valence-corrected chi connectivity index (χ3v) is 3.37. The molecule has 1 aromatic carbocycles. The van der Waals surface area contributed by atoms with Crippen LogP contribution in [0.2, 0.25) is 0 Å². The van der Waals surface area contributed by atoms with Crippen molar-refractivity contribution in [2.45, 2.75) is 36.5 Å². The molecule has 2 rings (SSSR count). The number of halogens is 2.